The molecule has 1 N–H and O–H groups in total. The Morgan fingerprint density at radius 1 is 1.39 bits per heavy atom. The first-order valence-electron chi connectivity index (χ1n) is 7.78. The highest BCUT2D eigenvalue weighted by Gasteiger charge is 2.36. The van der Waals surface area contributed by atoms with E-state index in [0.29, 0.717) is 36.7 Å². The Bertz CT molecular complexity index is 701. The van der Waals surface area contributed by atoms with Crippen molar-refractivity contribution in [1.82, 2.24) is 25.5 Å². The molecule has 7 nitrogen and oxygen atoms in total. The van der Waals surface area contributed by atoms with Gasteiger partial charge in [0, 0.05) is 12.0 Å². The molecule has 1 aliphatic rings. The van der Waals surface area contributed by atoms with Gasteiger partial charge >= 0.3 is 0 Å². The maximum absolute atomic E-state index is 12.3. The monoisotopic (exact) mass is 310 g/mol. The van der Waals surface area contributed by atoms with Crippen LogP contribution in [0.5, 0.6) is 0 Å². The summed E-state index contributed by atoms with van der Waals surface area (Å²) in [6.07, 6.45) is 3.27. The minimum Gasteiger partial charge on any atom is -0.342 e. The van der Waals surface area contributed by atoms with Crippen molar-refractivity contribution in [2.45, 2.75) is 38.3 Å². The molecule has 7 heteroatoms. The highest BCUT2D eigenvalue weighted by atomic mass is 16.1. The van der Waals surface area contributed by atoms with Crippen LogP contribution in [0.25, 0.3) is 0 Å². The Morgan fingerprint density at radius 3 is 2.87 bits per heavy atom. The fourth-order valence-electron chi connectivity index (χ4n) is 2.41. The number of hydrogen-bond acceptors (Lipinski definition) is 5. The van der Waals surface area contributed by atoms with Gasteiger partial charge in [-0.3, -0.25) is 4.79 Å². The van der Waals surface area contributed by atoms with Crippen LogP contribution in [0.15, 0.2) is 30.3 Å². The second kappa shape index (κ2) is 7.01. The number of tetrazole rings is 1. The number of carbonyl (C=O) groups excluding carboxylic acids is 1. The first-order chi connectivity index (χ1) is 11.3. The van der Waals surface area contributed by atoms with E-state index in [4.69, 9.17) is 5.26 Å². The summed E-state index contributed by atoms with van der Waals surface area (Å²) < 4.78 is 0. The second-order valence-corrected chi connectivity index (χ2v) is 5.66. The van der Waals surface area contributed by atoms with Crippen LogP contribution < -0.4 is 5.32 Å². The summed E-state index contributed by atoms with van der Waals surface area (Å²) >= 11 is 0. The topological polar surface area (TPSA) is 96.5 Å². The number of unbranched alkanes of at least 4 members (excludes halogenated alkanes) is 1. The molecule has 1 aromatic heterocycles. The summed E-state index contributed by atoms with van der Waals surface area (Å²) in [6, 6.07) is 11.0. The molecule has 23 heavy (non-hydrogen) atoms. The SMILES string of the molecule is N#CCCCn1nnc(C(NC(=O)c2ccccc2)C2CC2)n1. The van der Waals surface area contributed by atoms with Crippen molar-refractivity contribution in [1.29, 1.82) is 5.26 Å². The van der Waals surface area contributed by atoms with E-state index >= 15 is 0 Å². The largest absolute Gasteiger partial charge is 0.342 e. The van der Waals surface area contributed by atoms with Gasteiger partial charge in [-0.25, -0.2) is 0 Å². The van der Waals surface area contributed by atoms with Crippen molar-refractivity contribution in [3.05, 3.63) is 41.7 Å². The molecule has 1 amide bonds. The van der Waals surface area contributed by atoms with Crippen molar-refractivity contribution >= 4 is 5.91 Å². The zero-order chi connectivity index (χ0) is 16.1. The van der Waals surface area contributed by atoms with E-state index in [0.717, 1.165) is 12.8 Å². The molecule has 0 radical (unpaired) electrons. The summed E-state index contributed by atoms with van der Waals surface area (Å²) in [4.78, 5) is 13.8. The van der Waals surface area contributed by atoms with Gasteiger partial charge < -0.3 is 5.32 Å². The molecule has 1 saturated carbocycles. The fourth-order valence-corrected chi connectivity index (χ4v) is 2.41. The molecular weight excluding hydrogens is 292 g/mol. The first-order valence-corrected chi connectivity index (χ1v) is 7.78. The minimum absolute atomic E-state index is 0.122. The van der Waals surface area contributed by atoms with Gasteiger partial charge in [0.2, 0.25) is 0 Å². The van der Waals surface area contributed by atoms with Crippen molar-refractivity contribution in [3.8, 4) is 6.07 Å². The van der Waals surface area contributed by atoms with Crippen molar-refractivity contribution < 1.29 is 4.79 Å². The number of hydrogen-bond donors (Lipinski definition) is 1. The van der Waals surface area contributed by atoms with E-state index in [1.165, 1.54) is 4.80 Å². The van der Waals surface area contributed by atoms with Crippen LogP contribution in [-0.2, 0) is 6.54 Å². The third kappa shape index (κ3) is 3.92. The molecule has 3 rings (SSSR count). The van der Waals surface area contributed by atoms with E-state index in [1.54, 1.807) is 12.1 Å². The third-order valence-electron chi connectivity index (χ3n) is 3.81. The zero-order valence-corrected chi connectivity index (χ0v) is 12.7. The van der Waals surface area contributed by atoms with E-state index < -0.39 is 0 Å². The second-order valence-electron chi connectivity index (χ2n) is 5.66. The molecule has 0 bridgehead atoms. The first kappa shape index (κ1) is 15.2. The fraction of sp³-hybridized carbons (Fsp3) is 0.438. The quantitative estimate of drug-likeness (QED) is 0.787. The standard InChI is InChI=1S/C16H18N6O/c17-10-4-5-11-22-20-15(19-21-22)14(12-8-9-12)18-16(23)13-6-2-1-3-7-13/h1-3,6-7,12,14H,4-5,8-9,11H2,(H,18,23). The number of amides is 1. The summed E-state index contributed by atoms with van der Waals surface area (Å²) in [7, 11) is 0. The third-order valence-corrected chi connectivity index (χ3v) is 3.81. The van der Waals surface area contributed by atoms with Gasteiger partial charge in [-0.15, -0.1) is 10.2 Å². The van der Waals surface area contributed by atoms with Gasteiger partial charge in [0.1, 0.15) is 0 Å². The predicted molar refractivity (Wildman–Crippen MR) is 82.0 cm³/mol. The van der Waals surface area contributed by atoms with Crippen molar-refractivity contribution in [2.75, 3.05) is 0 Å². The summed E-state index contributed by atoms with van der Waals surface area (Å²) in [5.41, 5.74) is 0.625. The molecule has 1 unspecified atom stereocenters. The predicted octanol–water partition coefficient (Wildman–Crippen LogP) is 1.86. The van der Waals surface area contributed by atoms with E-state index in [1.807, 2.05) is 18.2 Å². The summed E-state index contributed by atoms with van der Waals surface area (Å²) in [6.45, 7) is 0.560. The normalized spacial score (nSPS) is 14.9. The number of rotatable bonds is 7. The smallest absolute Gasteiger partial charge is 0.251 e. The molecule has 1 fully saturated rings. The molecular formula is C16H18N6O. The van der Waals surface area contributed by atoms with Crippen LogP contribution in [0.4, 0.5) is 0 Å². The number of aromatic nitrogens is 4. The van der Waals surface area contributed by atoms with Gasteiger partial charge in [0.15, 0.2) is 5.82 Å². The van der Waals surface area contributed by atoms with Crippen LogP contribution in [0.1, 0.15) is 47.9 Å². The van der Waals surface area contributed by atoms with E-state index in [-0.39, 0.29) is 11.9 Å². The van der Waals surface area contributed by atoms with Crippen molar-refractivity contribution in [2.24, 2.45) is 5.92 Å². The molecule has 0 spiro atoms. The van der Waals surface area contributed by atoms with Crippen molar-refractivity contribution in [3.63, 3.8) is 0 Å². The van der Waals surface area contributed by atoms with Gasteiger partial charge in [-0.05, 0) is 42.5 Å². The lowest BCUT2D eigenvalue weighted by atomic mass is 10.1. The molecule has 1 aromatic carbocycles. The number of benzene rings is 1. The van der Waals surface area contributed by atoms with Gasteiger partial charge in [0.05, 0.1) is 18.7 Å². The number of nitrogens with one attached hydrogen (secondary N) is 1. The molecule has 0 aliphatic heterocycles. The lowest BCUT2D eigenvalue weighted by Crippen LogP contribution is -2.30. The average Bonchev–Trinajstić information content (AvgIpc) is 3.32. The van der Waals surface area contributed by atoms with Crippen LogP contribution in [0, 0.1) is 17.2 Å². The molecule has 1 aliphatic carbocycles. The number of carbonyl (C=O) groups is 1. The van der Waals surface area contributed by atoms with Gasteiger partial charge in [0.25, 0.3) is 5.91 Å². The number of aryl methyl sites for hydroxylation is 1. The summed E-state index contributed by atoms with van der Waals surface area (Å²) in [5, 5.41) is 24.0. The lowest BCUT2D eigenvalue weighted by Gasteiger charge is -2.14. The Hall–Kier alpha value is -2.75. The van der Waals surface area contributed by atoms with Gasteiger partial charge in [-0.2, -0.15) is 10.1 Å². The highest BCUT2D eigenvalue weighted by Crippen LogP contribution is 2.39. The lowest BCUT2D eigenvalue weighted by molar-refractivity contribution is 0.0929. The van der Waals surface area contributed by atoms with Crippen LogP contribution in [0.3, 0.4) is 0 Å². The maximum atomic E-state index is 12.3. The van der Waals surface area contributed by atoms with E-state index in [9.17, 15) is 4.79 Å². The minimum atomic E-state index is -0.201. The van der Waals surface area contributed by atoms with Crippen LogP contribution in [-0.4, -0.2) is 26.1 Å². The molecule has 118 valence electrons. The number of nitrogens with zero attached hydrogens (tertiary/aromatic N) is 5. The maximum Gasteiger partial charge on any atom is 0.251 e. The molecule has 1 atom stereocenters. The Labute approximate surface area is 134 Å². The van der Waals surface area contributed by atoms with Gasteiger partial charge in [-0.1, -0.05) is 18.2 Å². The Kier molecular flexibility index (Phi) is 4.62. The Balaban J connectivity index is 1.67. The molecule has 2 aromatic rings. The average molecular weight is 310 g/mol. The summed E-state index contributed by atoms with van der Waals surface area (Å²) in [5.74, 6) is 0.802. The molecule has 1 heterocycles. The molecule has 0 saturated heterocycles. The number of nitriles is 1. The zero-order valence-electron chi connectivity index (χ0n) is 12.7. The Morgan fingerprint density at radius 2 is 2.17 bits per heavy atom. The van der Waals surface area contributed by atoms with E-state index in [2.05, 4.69) is 26.8 Å². The van der Waals surface area contributed by atoms with Crippen LogP contribution >= 0.6 is 0 Å². The highest BCUT2D eigenvalue weighted by molar-refractivity contribution is 5.94. The van der Waals surface area contributed by atoms with Crippen LogP contribution in [0.2, 0.25) is 0 Å².